The monoisotopic (exact) mass is 548 g/mol. The molecule has 5 rings (SSSR count). The van der Waals surface area contributed by atoms with Gasteiger partial charge in [-0.05, 0) is 73.5 Å². The van der Waals surface area contributed by atoms with Gasteiger partial charge in [0.25, 0.3) is 5.78 Å². The van der Waals surface area contributed by atoms with Crippen LogP contribution in [0.3, 0.4) is 0 Å². The molecule has 1 N–H and O–H groups in total. The predicted molar refractivity (Wildman–Crippen MR) is 149 cm³/mol. The second kappa shape index (κ2) is 10.8. The van der Waals surface area contributed by atoms with Gasteiger partial charge in [0.15, 0.2) is 5.13 Å². The second-order valence-corrected chi connectivity index (χ2v) is 10.1. The highest BCUT2D eigenvalue weighted by molar-refractivity contribution is 7.22. The van der Waals surface area contributed by atoms with E-state index in [-0.39, 0.29) is 11.3 Å². The molecule has 4 aromatic rings. The molecular weight excluding hydrogens is 524 g/mol. The molecule has 194 valence electrons. The van der Waals surface area contributed by atoms with Crippen molar-refractivity contribution in [2.24, 2.45) is 0 Å². The van der Waals surface area contributed by atoms with Crippen molar-refractivity contribution >= 4 is 55.7 Å². The average molecular weight is 549 g/mol. The number of anilines is 1. The number of amides is 1. The first kappa shape index (κ1) is 25.8. The molecule has 0 spiro atoms. The van der Waals surface area contributed by atoms with Crippen molar-refractivity contribution in [2.45, 2.75) is 26.3 Å². The van der Waals surface area contributed by atoms with Crippen molar-refractivity contribution < 1.29 is 24.2 Å². The van der Waals surface area contributed by atoms with Crippen LogP contribution in [-0.2, 0) is 9.59 Å². The fourth-order valence-corrected chi connectivity index (χ4v) is 5.63. The molecular formula is C29H25ClN2O5S. The number of nitrogens with zero attached hydrogens (tertiary/aromatic N) is 2. The summed E-state index contributed by atoms with van der Waals surface area (Å²) in [5.74, 6) is -0.602. The predicted octanol–water partition coefficient (Wildman–Crippen LogP) is 6.76. The fourth-order valence-electron chi connectivity index (χ4n) is 4.36. The molecule has 1 unspecified atom stereocenters. The Morgan fingerprint density at radius 3 is 2.55 bits per heavy atom. The third-order valence-corrected chi connectivity index (χ3v) is 7.33. The summed E-state index contributed by atoms with van der Waals surface area (Å²) in [4.78, 5) is 32.9. The van der Waals surface area contributed by atoms with Crippen LogP contribution in [-0.4, -0.2) is 35.0 Å². The van der Waals surface area contributed by atoms with E-state index in [2.05, 4.69) is 4.98 Å². The molecule has 3 aromatic carbocycles. The summed E-state index contributed by atoms with van der Waals surface area (Å²) in [6, 6.07) is 18.3. The zero-order valence-electron chi connectivity index (χ0n) is 20.8. The van der Waals surface area contributed by atoms with Crippen molar-refractivity contribution in [3.05, 3.63) is 88.5 Å². The largest absolute Gasteiger partial charge is 0.507 e. The number of Topliss-reactive ketones (excluding diaryl/α,β-unsaturated/α-hetero) is 1. The number of hydrogen-bond donors (Lipinski definition) is 1. The van der Waals surface area contributed by atoms with Crippen LogP contribution in [0.1, 0.15) is 37.4 Å². The zero-order chi connectivity index (χ0) is 26.8. The van der Waals surface area contributed by atoms with Gasteiger partial charge in [0.05, 0.1) is 35.0 Å². The van der Waals surface area contributed by atoms with E-state index >= 15 is 0 Å². The third-order valence-electron chi connectivity index (χ3n) is 6.08. The van der Waals surface area contributed by atoms with Gasteiger partial charge in [-0.15, -0.1) is 0 Å². The second-order valence-electron chi connectivity index (χ2n) is 8.66. The molecule has 1 aromatic heterocycles. The van der Waals surface area contributed by atoms with E-state index in [1.807, 2.05) is 13.8 Å². The molecule has 1 amide bonds. The number of benzene rings is 3. The summed E-state index contributed by atoms with van der Waals surface area (Å²) >= 11 is 7.42. The Bertz CT molecular complexity index is 1550. The summed E-state index contributed by atoms with van der Waals surface area (Å²) in [6.07, 6.45) is 0.865. The van der Waals surface area contributed by atoms with Gasteiger partial charge in [-0.2, -0.15) is 0 Å². The first-order valence-electron chi connectivity index (χ1n) is 12.2. The van der Waals surface area contributed by atoms with Crippen molar-refractivity contribution in [3.63, 3.8) is 0 Å². The molecule has 7 nitrogen and oxygen atoms in total. The van der Waals surface area contributed by atoms with Gasteiger partial charge < -0.3 is 14.6 Å². The maximum Gasteiger partial charge on any atom is 0.301 e. The first-order valence-corrected chi connectivity index (χ1v) is 13.4. The SMILES string of the molecule is CCCOc1ccc(/C(O)=C2\C(=O)C(=O)N(c3nc4ccc(Cl)cc4s3)C2c2cccc(OCC)c2)cc1. The maximum atomic E-state index is 13.5. The third kappa shape index (κ3) is 4.85. The molecule has 0 aliphatic carbocycles. The number of ether oxygens (including phenoxy) is 2. The van der Waals surface area contributed by atoms with Gasteiger partial charge in [-0.3, -0.25) is 14.5 Å². The maximum absolute atomic E-state index is 13.5. The fraction of sp³-hybridized carbons (Fsp3) is 0.207. The smallest absolute Gasteiger partial charge is 0.301 e. The highest BCUT2D eigenvalue weighted by Crippen LogP contribution is 2.45. The van der Waals surface area contributed by atoms with Crippen LogP contribution in [0.2, 0.25) is 5.02 Å². The molecule has 0 radical (unpaired) electrons. The van der Waals surface area contributed by atoms with E-state index in [0.29, 0.717) is 51.5 Å². The van der Waals surface area contributed by atoms with Crippen LogP contribution in [0.4, 0.5) is 5.13 Å². The topological polar surface area (TPSA) is 89.0 Å². The Hall–Kier alpha value is -3.88. The number of carbonyl (C=O) groups is 2. The van der Waals surface area contributed by atoms with Gasteiger partial charge in [0, 0.05) is 10.6 Å². The van der Waals surface area contributed by atoms with Crippen LogP contribution in [0, 0.1) is 0 Å². The number of hydrogen-bond acceptors (Lipinski definition) is 7. The number of aliphatic hydroxyl groups excluding tert-OH is 1. The van der Waals surface area contributed by atoms with Crippen molar-refractivity contribution in [3.8, 4) is 11.5 Å². The van der Waals surface area contributed by atoms with Crippen molar-refractivity contribution in [1.29, 1.82) is 0 Å². The normalized spacial score (nSPS) is 16.8. The van der Waals surface area contributed by atoms with Gasteiger partial charge >= 0.3 is 5.91 Å². The molecule has 1 fully saturated rings. The summed E-state index contributed by atoms with van der Waals surface area (Å²) in [5.41, 5.74) is 1.63. The number of thiazole rings is 1. The molecule has 38 heavy (non-hydrogen) atoms. The van der Waals surface area contributed by atoms with Gasteiger partial charge in [0.2, 0.25) is 0 Å². The van der Waals surface area contributed by atoms with Crippen LogP contribution in [0.15, 0.2) is 72.3 Å². The van der Waals surface area contributed by atoms with Crippen LogP contribution in [0.25, 0.3) is 16.0 Å². The standard InChI is InChI=1S/C29H25ClN2O5S/c1-3-14-37-20-11-8-17(9-12-20)26(33)24-25(18-6-5-7-21(15-18)36-4-2)32(28(35)27(24)34)29-31-22-13-10-19(30)16-23(22)38-29/h5-13,15-16,25,33H,3-4,14H2,1-2H3/b26-24+. The van der Waals surface area contributed by atoms with E-state index in [1.54, 1.807) is 66.7 Å². The van der Waals surface area contributed by atoms with Crippen LogP contribution >= 0.6 is 22.9 Å². The van der Waals surface area contributed by atoms with E-state index in [4.69, 9.17) is 21.1 Å². The highest BCUT2D eigenvalue weighted by atomic mass is 35.5. The minimum Gasteiger partial charge on any atom is -0.507 e. The molecule has 1 aliphatic rings. The Labute approximate surface area is 228 Å². The van der Waals surface area contributed by atoms with Crippen molar-refractivity contribution in [1.82, 2.24) is 4.98 Å². The number of carbonyl (C=O) groups excluding carboxylic acids is 2. The highest BCUT2D eigenvalue weighted by Gasteiger charge is 2.48. The summed E-state index contributed by atoms with van der Waals surface area (Å²) in [7, 11) is 0. The number of ketones is 1. The lowest BCUT2D eigenvalue weighted by Gasteiger charge is -2.23. The number of halogens is 1. The van der Waals surface area contributed by atoms with Gasteiger partial charge in [-0.25, -0.2) is 4.98 Å². The van der Waals surface area contributed by atoms with Crippen molar-refractivity contribution in [2.75, 3.05) is 18.1 Å². The van der Waals surface area contributed by atoms with Gasteiger partial charge in [-0.1, -0.05) is 42.0 Å². The molecule has 1 atom stereocenters. The lowest BCUT2D eigenvalue weighted by Crippen LogP contribution is -2.29. The molecule has 1 aliphatic heterocycles. The van der Waals surface area contributed by atoms with E-state index in [0.717, 1.165) is 11.1 Å². The Morgan fingerprint density at radius 2 is 1.82 bits per heavy atom. The quantitative estimate of drug-likeness (QED) is 0.149. The Morgan fingerprint density at radius 1 is 1.03 bits per heavy atom. The molecule has 0 bridgehead atoms. The van der Waals surface area contributed by atoms with E-state index < -0.39 is 17.7 Å². The summed E-state index contributed by atoms with van der Waals surface area (Å²) in [6.45, 7) is 4.91. The number of fused-ring (bicyclic) bond motifs is 1. The summed E-state index contributed by atoms with van der Waals surface area (Å²) < 4.78 is 12.1. The molecule has 9 heteroatoms. The average Bonchev–Trinajstić information content (AvgIpc) is 3.45. The molecule has 0 saturated carbocycles. The minimum atomic E-state index is -0.914. The van der Waals surface area contributed by atoms with Crippen LogP contribution in [0.5, 0.6) is 11.5 Å². The lowest BCUT2D eigenvalue weighted by molar-refractivity contribution is -0.132. The van der Waals surface area contributed by atoms with Gasteiger partial charge in [0.1, 0.15) is 17.3 Å². The van der Waals surface area contributed by atoms with Crippen LogP contribution < -0.4 is 14.4 Å². The first-order chi connectivity index (χ1) is 18.4. The number of aliphatic hydroxyl groups is 1. The number of rotatable bonds is 8. The van der Waals surface area contributed by atoms with E-state index in [9.17, 15) is 14.7 Å². The molecule has 1 saturated heterocycles. The minimum absolute atomic E-state index is 0.0248. The molecule has 2 heterocycles. The Kier molecular flexibility index (Phi) is 7.35. The lowest BCUT2D eigenvalue weighted by atomic mass is 9.95. The van der Waals surface area contributed by atoms with E-state index in [1.165, 1.54) is 16.2 Å². The Balaban J connectivity index is 1.66. The summed E-state index contributed by atoms with van der Waals surface area (Å²) in [5, 5.41) is 12.3. The number of aromatic nitrogens is 1. The zero-order valence-corrected chi connectivity index (χ0v) is 22.4.